The lowest BCUT2D eigenvalue weighted by molar-refractivity contribution is -0.141. The highest BCUT2D eigenvalue weighted by molar-refractivity contribution is 5.69. The van der Waals surface area contributed by atoms with Crippen molar-refractivity contribution in [1.29, 1.82) is 0 Å². The molecule has 6 heteroatoms. The molecule has 0 saturated carbocycles. The standard InChI is InChI=1S/C15H27NO5/c1-15(2,3)21-14(18)16-9-5-7-12(11-16)20-10-6-8-13(17)19-4/h12H,5-11H2,1-4H3. The van der Waals surface area contributed by atoms with E-state index in [1.165, 1.54) is 7.11 Å². The van der Waals surface area contributed by atoms with E-state index >= 15 is 0 Å². The first kappa shape index (κ1) is 17.8. The smallest absolute Gasteiger partial charge is 0.410 e. The molecule has 1 atom stereocenters. The molecule has 0 bridgehead atoms. The second-order valence-corrected chi connectivity index (χ2v) is 6.24. The summed E-state index contributed by atoms with van der Waals surface area (Å²) in [6, 6.07) is 0. The number of carbonyl (C=O) groups excluding carboxylic acids is 2. The van der Waals surface area contributed by atoms with Gasteiger partial charge in [0.05, 0.1) is 19.8 Å². The van der Waals surface area contributed by atoms with E-state index in [4.69, 9.17) is 9.47 Å². The Morgan fingerprint density at radius 2 is 2.00 bits per heavy atom. The maximum Gasteiger partial charge on any atom is 0.410 e. The molecule has 1 heterocycles. The average Bonchev–Trinajstić information content (AvgIpc) is 2.41. The van der Waals surface area contributed by atoms with Gasteiger partial charge in [-0.05, 0) is 40.0 Å². The van der Waals surface area contributed by atoms with Gasteiger partial charge in [-0.25, -0.2) is 4.79 Å². The summed E-state index contributed by atoms with van der Waals surface area (Å²) in [4.78, 5) is 24.7. The number of methoxy groups -OCH3 is 1. The number of hydrogen-bond acceptors (Lipinski definition) is 5. The van der Waals surface area contributed by atoms with Crippen molar-refractivity contribution < 1.29 is 23.8 Å². The molecule has 0 aromatic carbocycles. The number of hydrogen-bond donors (Lipinski definition) is 0. The first-order valence-electron chi connectivity index (χ1n) is 7.48. The highest BCUT2D eigenvalue weighted by Crippen LogP contribution is 2.17. The highest BCUT2D eigenvalue weighted by atomic mass is 16.6. The van der Waals surface area contributed by atoms with E-state index in [9.17, 15) is 9.59 Å². The van der Waals surface area contributed by atoms with Gasteiger partial charge in [0.25, 0.3) is 0 Å². The zero-order valence-electron chi connectivity index (χ0n) is 13.5. The van der Waals surface area contributed by atoms with Crippen molar-refractivity contribution in [3.05, 3.63) is 0 Å². The lowest BCUT2D eigenvalue weighted by Gasteiger charge is -2.34. The molecule has 0 aliphatic carbocycles. The van der Waals surface area contributed by atoms with E-state index in [2.05, 4.69) is 4.74 Å². The van der Waals surface area contributed by atoms with Gasteiger partial charge in [0, 0.05) is 19.6 Å². The predicted molar refractivity (Wildman–Crippen MR) is 78.0 cm³/mol. The molecular weight excluding hydrogens is 274 g/mol. The maximum atomic E-state index is 12.0. The summed E-state index contributed by atoms with van der Waals surface area (Å²) in [6.07, 6.45) is 2.56. The Morgan fingerprint density at radius 1 is 1.29 bits per heavy atom. The molecule has 1 aliphatic heterocycles. The number of likely N-dealkylation sites (tertiary alicyclic amines) is 1. The lowest BCUT2D eigenvalue weighted by Crippen LogP contribution is -2.45. The van der Waals surface area contributed by atoms with Gasteiger partial charge in [0.1, 0.15) is 5.60 Å². The topological polar surface area (TPSA) is 65.1 Å². The number of nitrogens with zero attached hydrogens (tertiary/aromatic N) is 1. The van der Waals surface area contributed by atoms with Crippen LogP contribution in [0.1, 0.15) is 46.5 Å². The molecule has 122 valence electrons. The molecule has 1 aliphatic rings. The lowest BCUT2D eigenvalue weighted by atomic mass is 10.1. The van der Waals surface area contributed by atoms with Gasteiger partial charge < -0.3 is 19.1 Å². The molecule has 1 amide bonds. The summed E-state index contributed by atoms with van der Waals surface area (Å²) in [6.45, 7) is 7.33. The summed E-state index contributed by atoms with van der Waals surface area (Å²) < 4.78 is 15.7. The zero-order valence-corrected chi connectivity index (χ0v) is 13.5. The largest absolute Gasteiger partial charge is 0.469 e. The van der Waals surface area contributed by atoms with Crippen LogP contribution in [0.15, 0.2) is 0 Å². The minimum absolute atomic E-state index is 0.0175. The third kappa shape index (κ3) is 7.32. The quantitative estimate of drug-likeness (QED) is 0.576. The minimum Gasteiger partial charge on any atom is -0.469 e. The van der Waals surface area contributed by atoms with Crippen LogP contribution in [-0.4, -0.2) is 55.5 Å². The van der Waals surface area contributed by atoms with Crippen molar-refractivity contribution in [3.8, 4) is 0 Å². The molecular formula is C15H27NO5. The molecule has 1 fully saturated rings. The van der Waals surface area contributed by atoms with Crippen LogP contribution in [0.3, 0.4) is 0 Å². The molecule has 1 unspecified atom stereocenters. The molecule has 0 spiro atoms. The van der Waals surface area contributed by atoms with E-state index in [1.54, 1.807) is 4.90 Å². The van der Waals surface area contributed by atoms with Crippen molar-refractivity contribution in [1.82, 2.24) is 4.90 Å². The maximum absolute atomic E-state index is 12.0. The number of ether oxygens (including phenoxy) is 3. The van der Waals surface area contributed by atoms with Crippen LogP contribution in [0.5, 0.6) is 0 Å². The van der Waals surface area contributed by atoms with E-state index < -0.39 is 5.60 Å². The van der Waals surface area contributed by atoms with E-state index in [-0.39, 0.29) is 18.2 Å². The number of piperidine rings is 1. The fourth-order valence-electron chi connectivity index (χ4n) is 2.14. The summed E-state index contributed by atoms with van der Waals surface area (Å²) in [5, 5.41) is 0. The van der Waals surface area contributed by atoms with Gasteiger partial charge in [-0.3, -0.25) is 4.79 Å². The molecule has 0 radical (unpaired) electrons. The van der Waals surface area contributed by atoms with Crippen molar-refractivity contribution in [2.45, 2.75) is 58.2 Å². The highest BCUT2D eigenvalue weighted by Gasteiger charge is 2.27. The molecule has 1 rings (SSSR count). The van der Waals surface area contributed by atoms with Gasteiger partial charge in [0.2, 0.25) is 0 Å². The second kappa shape index (κ2) is 8.22. The molecule has 0 aromatic rings. The van der Waals surface area contributed by atoms with Crippen molar-refractivity contribution in [3.63, 3.8) is 0 Å². The molecule has 0 N–H and O–H groups in total. The number of amides is 1. The Labute approximate surface area is 126 Å². The zero-order chi connectivity index (χ0) is 15.9. The van der Waals surface area contributed by atoms with Crippen LogP contribution in [0.2, 0.25) is 0 Å². The SMILES string of the molecule is COC(=O)CCCOC1CCCN(C(=O)OC(C)(C)C)C1. The number of rotatable bonds is 5. The first-order valence-corrected chi connectivity index (χ1v) is 7.48. The van der Waals surface area contributed by atoms with Crippen molar-refractivity contribution in [2.75, 3.05) is 26.8 Å². The third-order valence-electron chi connectivity index (χ3n) is 3.14. The van der Waals surface area contributed by atoms with Gasteiger partial charge in [-0.1, -0.05) is 0 Å². The Hall–Kier alpha value is -1.30. The Kier molecular flexibility index (Phi) is 6.95. The second-order valence-electron chi connectivity index (χ2n) is 6.24. The normalized spacial score (nSPS) is 19.2. The molecule has 1 saturated heterocycles. The van der Waals surface area contributed by atoms with E-state index in [0.29, 0.717) is 32.5 Å². The van der Waals surface area contributed by atoms with Crippen LogP contribution < -0.4 is 0 Å². The number of carbonyl (C=O) groups is 2. The van der Waals surface area contributed by atoms with Gasteiger partial charge >= 0.3 is 12.1 Å². The Bertz CT molecular complexity index is 350. The summed E-state index contributed by atoms with van der Waals surface area (Å²) in [7, 11) is 1.38. The summed E-state index contributed by atoms with van der Waals surface area (Å²) in [5.41, 5.74) is -0.481. The van der Waals surface area contributed by atoms with Crippen LogP contribution in [0, 0.1) is 0 Å². The minimum atomic E-state index is -0.481. The molecule has 0 aromatic heterocycles. The third-order valence-corrected chi connectivity index (χ3v) is 3.14. The van der Waals surface area contributed by atoms with Gasteiger partial charge in [0.15, 0.2) is 0 Å². The van der Waals surface area contributed by atoms with Crippen LogP contribution in [0.25, 0.3) is 0 Å². The van der Waals surface area contributed by atoms with Crippen LogP contribution in [-0.2, 0) is 19.0 Å². The van der Waals surface area contributed by atoms with Crippen LogP contribution >= 0.6 is 0 Å². The van der Waals surface area contributed by atoms with Crippen LogP contribution in [0.4, 0.5) is 4.79 Å². The Morgan fingerprint density at radius 3 is 2.62 bits per heavy atom. The summed E-state index contributed by atoms with van der Waals surface area (Å²) in [5.74, 6) is -0.224. The van der Waals surface area contributed by atoms with Gasteiger partial charge in [-0.2, -0.15) is 0 Å². The fourth-order valence-corrected chi connectivity index (χ4v) is 2.14. The van der Waals surface area contributed by atoms with E-state index in [0.717, 1.165) is 12.8 Å². The molecule has 6 nitrogen and oxygen atoms in total. The van der Waals surface area contributed by atoms with E-state index in [1.807, 2.05) is 20.8 Å². The van der Waals surface area contributed by atoms with Crippen molar-refractivity contribution in [2.24, 2.45) is 0 Å². The first-order chi connectivity index (χ1) is 9.81. The van der Waals surface area contributed by atoms with Gasteiger partial charge in [-0.15, -0.1) is 0 Å². The fraction of sp³-hybridized carbons (Fsp3) is 0.867. The average molecular weight is 301 g/mol. The monoisotopic (exact) mass is 301 g/mol. The van der Waals surface area contributed by atoms with Crippen molar-refractivity contribution >= 4 is 12.1 Å². The number of esters is 1. The summed E-state index contributed by atoms with van der Waals surface area (Å²) >= 11 is 0. The Balaban J connectivity index is 2.28. The molecule has 21 heavy (non-hydrogen) atoms. The predicted octanol–water partition coefficient (Wildman–Crippen LogP) is 2.36.